The van der Waals surface area contributed by atoms with Crippen molar-refractivity contribution in [1.29, 1.82) is 0 Å². The average Bonchev–Trinajstić information content (AvgIpc) is 2.54. The van der Waals surface area contributed by atoms with E-state index in [4.69, 9.17) is 10.5 Å². The third-order valence-electron chi connectivity index (χ3n) is 3.99. The Hall–Kier alpha value is -1.81. The van der Waals surface area contributed by atoms with Crippen LogP contribution in [0, 0.1) is 0 Å². The fraction of sp³-hybridized carbons (Fsp3) is 0.471. The molecular formula is C17H25N3O. The predicted molar refractivity (Wildman–Crippen MR) is 89.1 cm³/mol. The number of nitrogens with zero attached hydrogens (tertiary/aromatic N) is 2. The lowest BCUT2D eigenvalue weighted by molar-refractivity contribution is 0.420. The van der Waals surface area contributed by atoms with E-state index in [0.717, 1.165) is 41.7 Å². The quantitative estimate of drug-likeness (QED) is 0.849. The third-order valence-corrected chi connectivity index (χ3v) is 3.99. The highest BCUT2D eigenvalue weighted by atomic mass is 16.5. The minimum Gasteiger partial charge on any atom is -0.496 e. The van der Waals surface area contributed by atoms with Gasteiger partial charge in [-0.2, -0.15) is 0 Å². The first-order valence-electron chi connectivity index (χ1n) is 7.65. The Morgan fingerprint density at radius 1 is 1.19 bits per heavy atom. The van der Waals surface area contributed by atoms with Gasteiger partial charge in [-0.3, -0.25) is 0 Å². The summed E-state index contributed by atoms with van der Waals surface area (Å²) in [6, 6.07) is 8.56. The number of ether oxygens (including phenoxy) is 1. The number of nitrogens with two attached hydrogens (primary N) is 1. The molecule has 2 rings (SSSR count). The van der Waals surface area contributed by atoms with Crippen molar-refractivity contribution in [1.82, 2.24) is 4.98 Å². The normalized spacial score (nSPS) is 11.1. The molecule has 0 saturated carbocycles. The zero-order valence-corrected chi connectivity index (χ0v) is 13.2. The lowest BCUT2D eigenvalue weighted by Crippen LogP contribution is -2.39. The van der Waals surface area contributed by atoms with Crippen LogP contribution in [-0.4, -0.2) is 31.2 Å². The van der Waals surface area contributed by atoms with Gasteiger partial charge in [0.05, 0.1) is 7.11 Å². The topological polar surface area (TPSA) is 51.4 Å². The fourth-order valence-electron chi connectivity index (χ4n) is 2.90. The number of pyridine rings is 1. The van der Waals surface area contributed by atoms with Gasteiger partial charge in [-0.15, -0.1) is 0 Å². The molecule has 2 N–H and O–H groups in total. The van der Waals surface area contributed by atoms with E-state index in [9.17, 15) is 0 Å². The summed E-state index contributed by atoms with van der Waals surface area (Å²) in [5, 5.41) is 2.22. The zero-order chi connectivity index (χ0) is 15.2. The summed E-state index contributed by atoms with van der Waals surface area (Å²) in [4.78, 5) is 6.97. The molecule has 4 heteroatoms. The summed E-state index contributed by atoms with van der Waals surface area (Å²) in [5.74, 6) is 1.89. The first-order chi connectivity index (χ1) is 10.3. The van der Waals surface area contributed by atoms with Gasteiger partial charge in [0.25, 0.3) is 0 Å². The second kappa shape index (κ2) is 7.27. The van der Waals surface area contributed by atoms with E-state index in [1.165, 1.54) is 0 Å². The monoisotopic (exact) mass is 287 g/mol. The van der Waals surface area contributed by atoms with Crippen LogP contribution in [0.5, 0.6) is 5.75 Å². The number of hydrogen-bond donors (Lipinski definition) is 1. The van der Waals surface area contributed by atoms with Gasteiger partial charge in [0.15, 0.2) is 0 Å². The largest absolute Gasteiger partial charge is 0.496 e. The molecule has 0 aliphatic carbocycles. The Bertz CT molecular complexity index is 581. The lowest BCUT2D eigenvalue weighted by atomic mass is 10.1. The second-order valence-electron chi connectivity index (χ2n) is 5.14. The molecule has 0 atom stereocenters. The maximum Gasteiger partial charge on any atom is 0.136 e. The maximum atomic E-state index is 5.82. The molecule has 1 aromatic carbocycles. The van der Waals surface area contributed by atoms with Gasteiger partial charge < -0.3 is 15.4 Å². The number of benzene rings is 1. The van der Waals surface area contributed by atoms with Crippen molar-refractivity contribution in [2.24, 2.45) is 5.73 Å². The van der Waals surface area contributed by atoms with Gasteiger partial charge in [-0.25, -0.2) is 4.98 Å². The molecule has 114 valence electrons. The van der Waals surface area contributed by atoms with E-state index in [1.54, 1.807) is 7.11 Å². The molecule has 0 unspecified atom stereocenters. The molecule has 0 amide bonds. The van der Waals surface area contributed by atoms with Crippen molar-refractivity contribution in [2.75, 3.05) is 25.1 Å². The molecule has 0 radical (unpaired) electrons. The molecule has 21 heavy (non-hydrogen) atoms. The molecule has 1 aromatic heterocycles. The third kappa shape index (κ3) is 3.10. The number of aromatic nitrogens is 1. The summed E-state index contributed by atoms with van der Waals surface area (Å²) in [6.07, 6.45) is 4.02. The Balaban J connectivity index is 2.57. The van der Waals surface area contributed by atoms with Gasteiger partial charge in [0, 0.05) is 36.1 Å². The van der Waals surface area contributed by atoms with Gasteiger partial charge in [-0.1, -0.05) is 26.0 Å². The van der Waals surface area contributed by atoms with Gasteiger partial charge in [-0.05, 0) is 25.0 Å². The van der Waals surface area contributed by atoms with Gasteiger partial charge >= 0.3 is 0 Å². The van der Waals surface area contributed by atoms with Crippen molar-refractivity contribution in [3.05, 3.63) is 30.5 Å². The van der Waals surface area contributed by atoms with E-state index < -0.39 is 0 Å². The molecule has 1 heterocycles. The lowest BCUT2D eigenvalue weighted by Gasteiger charge is -2.32. The van der Waals surface area contributed by atoms with E-state index in [0.29, 0.717) is 12.6 Å². The van der Waals surface area contributed by atoms with E-state index in [-0.39, 0.29) is 0 Å². The van der Waals surface area contributed by atoms with Crippen LogP contribution >= 0.6 is 0 Å². The number of anilines is 1. The number of hydrogen-bond acceptors (Lipinski definition) is 4. The molecular weight excluding hydrogens is 262 g/mol. The molecule has 4 nitrogen and oxygen atoms in total. The van der Waals surface area contributed by atoms with Crippen molar-refractivity contribution in [2.45, 2.75) is 32.7 Å². The number of fused-ring (bicyclic) bond motifs is 1. The first-order valence-corrected chi connectivity index (χ1v) is 7.65. The summed E-state index contributed by atoms with van der Waals surface area (Å²) >= 11 is 0. The molecule has 0 fully saturated rings. The second-order valence-corrected chi connectivity index (χ2v) is 5.14. The van der Waals surface area contributed by atoms with Crippen LogP contribution in [-0.2, 0) is 0 Å². The summed E-state index contributed by atoms with van der Waals surface area (Å²) in [7, 11) is 1.70. The Morgan fingerprint density at radius 2 is 1.95 bits per heavy atom. The summed E-state index contributed by atoms with van der Waals surface area (Å²) in [6.45, 7) is 5.86. The minimum atomic E-state index is 0.456. The van der Waals surface area contributed by atoms with Crippen LogP contribution in [0.25, 0.3) is 10.8 Å². The molecule has 0 bridgehead atoms. The van der Waals surface area contributed by atoms with Crippen molar-refractivity contribution >= 4 is 16.6 Å². The highest BCUT2D eigenvalue weighted by Crippen LogP contribution is 2.32. The predicted octanol–water partition coefficient (Wildman–Crippen LogP) is 3.20. The van der Waals surface area contributed by atoms with Crippen molar-refractivity contribution < 1.29 is 4.74 Å². The van der Waals surface area contributed by atoms with E-state index in [1.807, 2.05) is 24.4 Å². The van der Waals surface area contributed by atoms with Crippen LogP contribution < -0.4 is 15.4 Å². The van der Waals surface area contributed by atoms with Gasteiger partial charge in [0.2, 0.25) is 0 Å². The van der Waals surface area contributed by atoms with E-state index in [2.05, 4.69) is 29.8 Å². The number of methoxy groups -OCH3 is 1. The van der Waals surface area contributed by atoms with Crippen molar-refractivity contribution in [3.8, 4) is 5.75 Å². The average molecular weight is 287 g/mol. The minimum absolute atomic E-state index is 0.456. The highest BCUT2D eigenvalue weighted by molar-refractivity contribution is 5.96. The molecule has 0 saturated heterocycles. The van der Waals surface area contributed by atoms with Crippen LogP contribution in [0.4, 0.5) is 5.82 Å². The molecule has 0 spiro atoms. The van der Waals surface area contributed by atoms with E-state index >= 15 is 0 Å². The SMILES string of the molecule is CCC(CC)N(CCN)c1nccc2c(OC)cccc12. The molecule has 2 aromatic rings. The number of rotatable bonds is 7. The fourth-order valence-corrected chi connectivity index (χ4v) is 2.90. The van der Waals surface area contributed by atoms with Crippen LogP contribution in [0.3, 0.4) is 0 Å². The standard InChI is InChI=1S/C17H25N3O/c1-4-13(5-2)20(12-10-18)17-15-7-6-8-16(21-3)14(15)9-11-19-17/h6-9,11,13H,4-5,10,12,18H2,1-3H3. The molecule has 0 aliphatic rings. The Kier molecular flexibility index (Phi) is 5.39. The smallest absolute Gasteiger partial charge is 0.136 e. The maximum absolute atomic E-state index is 5.82. The van der Waals surface area contributed by atoms with Crippen LogP contribution in [0.15, 0.2) is 30.5 Å². The Morgan fingerprint density at radius 3 is 2.57 bits per heavy atom. The highest BCUT2D eigenvalue weighted by Gasteiger charge is 2.19. The van der Waals surface area contributed by atoms with Gasteiger partial charge in [0.1, 0.15) is 11.6 Å². The van der Waals surface area contributed by atoms with Crippen LogP contribution in [0.1, 0.15) is 26.7 Å². The molecule has 0 aliphatic heterocycles. The summed E-state index contributed by atoms with van der Waals surface area (Å²) < 4.78 is 5.46. The summed E-state index contributed by atoms with van der Waals surface area (Å²) in [5.41, 5.74) is 5.82. The van der Waals surface area contributed by atoms with Crippen molar-refractivity contribution in [3.63, 3.8) is 0 Å². The Labute approximate surface area is 126 Å². The van der Waals surface area contributed by atoms with Crippen LogP contribution in [0.2, 0.25) is 0 Å². The first kappa shape index (κ1) is 15.6. The zero-order valence-electron chi connectivity index (χ0n) is 13.2.